The van der Waals surface area contributed by atoms with Crippen molar-refractivity contribution in [2.75, 3.05) is 0 Å². The van der Waals surface area contributed by atoms with Gasteiger partial charge in [0.25, 0.3) is 0 Å². The zero-order valence-corrected chi connectivity index (χ0v) is 9.49. The van der Waals surface area contributed by atoms with Crippen LogP contribution < -0.4 is 0 Å². The van der Waals surface area contributed by atoms with Crippen LogP contribution in [0.15, 0.2) is 35.2 Å². The van der Waals surface area contributed by atoms with Crippen molar-refractivity contribution in [3.63, 3.8) is 0 Å². The topological polar surface area (TPSA) is 17.1 Å². The summed E-state index contributed by atoms with van der Waals surface area (Å²) in [6.07, 6.45) is 5.17. The fraction of sp³-hybridized carbons (Fsp3) is 0.364. The number of carbonyl (C=O) groups excluding carboxylic acids is 1. The zero-order chi connectivity index (χ0) is 9.84. The van der Waals surface area contributed by atoms with E-state index in [2.05, 4.69) is 19.2 Å². The number of Topliss-reactive ketones (excluding diaryl/α,β-unsaturated/α-hetero) is 1. The second kappa shape index (κ2) is 4.37. The summed E-state index contributed by atoms with van der Waals surface area (Å²) in [5, 5.41) is 1.05. The van der Waals surface area contributed by atoms with E-state index in [0.717, 1.165) is 5.20 Å². The summed E-state index contributed by atoms with van der Waals surface area (Å²) < 4.78 is 0. The van der Waals surface area contributed by atoms with Gasteiger partial charge in [-0.2, -0.15) is 0 Å². The van der Waals surface area contributed by atoms with Crippen molar-refractivity contribution in [1.29, 1.82) is 0 Å². The molecule has 0 amide bonds. The van der Waals surface area contributed by atoms with Crippen LogP contribution in [0.5, 0.6) is 0 Å². The Morgan fingerprint density at radius 3 is 2.85 bits per heavy atom. The summed E-state index contributed by atoms with van der Waals surface area (Å²) in [7, 11) is -1.04. The number of hydrogen-bond acceptors (Lipinski definition) is 1. The molecular formula is C11H16OSi. The van der Waals surface area contributed by atoms with Crippen molar-refractivity contribution < 1.29 is 4.79 Å². The van der Waals surface area contributed by atoms with Crippen molar-refractivity contribution in [2.45, 2.75) is 26.3 Å². The van der Waals surface area contributed by atoms with Crippen molar-refractivity contribution in [3.8, 4) is 0 Å². The van der Waals surface area contributed by atoms with Gasteiger partial charge in [0.2, 0.25) is 0 Å². The Hall–Kier alpha value is -0.893. The molecule has 1 aliphatic rings. The lowest BCUT2D eigenvalue weighted by Gasteiger charge is -2.09. The van der Waals surface area contributed by atoms with E-state index in [1.807, 2.05) is 12.2 Å². The highest BCUT2D eigenvalue weighted by Crippen LogP contribution is 2.18. The maximum absolute atomic E-state index is 11.7. The molecular weight excluding hydrogens is 176 g/mol. The minimum absolute atomic E-state index is 0.176. The largest absolute Gasteiger partial charge is 0.290 e. The molecule has 1 aliphatic heterocycles. The Balaban J connectivity index is 2.71. The zero-order valence-electron chi connectivity index (χ0n) is 8.34. The summed E-state index contributed by atoms with van der Waals surface area (Å²) in [5.74, 6) is 0.176. The van der Waals surface area contributed by atoms with Gasteiger partial charge in [-0.3, -0.25) is 4.79 Å². The van der Waals surface area contributed by atoms with Crippen LogP contribution in [0.4, 0.5) is 0 Å². The smallest absolute Gasteiger partial charge is 0.180 e. The summed E-state index contributed by atoms with van der Waals surface area (Å²) in [6, 6.07) is 1.20. The number of allylic oxidation sites excluding steroid dienone is 4. The van der Waals surface area contributed by atoms with E-state index < -0.39 is 8.80 Å². The van der Waals surface area contributed by atoms with Gasteiger partial charge in [0.1, 0.15) is 0 Å². The molecule has 0 N–H and O–H groups in total. The molecule has 2 heteroatoms. The van der Waals surface area contributed by atoms with Crippen molar-refractivity contribution in [3.05, 3.63) is 35.2 Å². The molecule has 1 unspecified atom stereocenters. The molecule has 1 heterocycles. The van der Waals surface area contributed by atoms with Crippen LogP contribution in [0.2, 0.25) is 6.04 Å². The molecule has 0 radical (unpaired) electrons. The van der Waals surface area contributed by atoms with Gasteiger partial charge in [0.15, 0.2) is 5.78 Å². The first kappa shape index (κ1) is 10.2. The molecule has 0 bridgehead atoms. The Morgan fingerprint density at radius 2 is 2.31 bits per heavy atom. The Morgan fingerprint density at radius 1 is 1.62 bits per heavy atom. The Bertz CT molecular complexity index is 286. The summed E-state index contributed by atoms with van der Waals surface area (Å²) in [5.41, 5.74) is 2.91. The predicted octanol–water partition coefficient (Wildman–Crippen LogP) is 2.34. The van der Waals surface area contributed by atoms with Crippen molar-refractivity contribution in [2.24, 2.45) is 0 Å². The van der Waals surface area contributed by atoms with Gasteiger partial charge in [0.05, 0.1) is 8.80 Å². The average Bonchev–Trinajstić information content (AvgIpc) is 2.52. The first-order chi connectivity index (χ1) is 6.16. The molecule has 0 aliphatic carbocycles. The normalized spacial score (nSPS) is 20.2. The average molecular weight is 192 g/mol. The predicted molar refractivity (Wildman–Crippen MR) is 59.3 cm³/mol. The minimum atomic E-state index is -1.04. The van der Waals surface area contributed by atoms with Crippen LogP contribution in [0.3, 0.4) is 0 Å². The molecule has 70 valence electrons. The van der Waals surface area contributed by atoms with E-state index in [4.69, 9.17) is 0 Å². The SMILES string of the molecule is C=C(C)C(=O)C1=CC=C[SiH]1CCC. The first-order valence-corrected chi connectivity index (χ1v) is 6.81. The lowest BCUT2D eigenvalue weighted by molar-refractivity contribution is -0.111. The van der Waals surface area contributed by atoms with Gasteiger partial charge in [-0.05, 0) is 17.7 Å². The third kappa shape index (κ3) is 2.28. The van der Waals surface area contributed by atoms with Crippen LogP contribution in [0.1, 0.15) is 20.3 Å². The number of hydrogen-bond donors (Lipinski definition) is 0. The Labute approximate surface area is 81.5 Å². The monoisotopic (exact) mass is 192 g/mol. The van der Waals surface area contributed by atoms with Crippen molar-refractivity contribution in [1.82, 2.24) is 0 Å². The van der Waals surface area contributed by atoms with E-state index in [0.29, 0.717) is 5.57 Å². The number of rotatable bonds is 4. The van der Waals surface area contributed by atoms with E-state index in [-0.39, 0.29) is 5.78 Å². The van der Waals surface area contributed by atoms with Gasteiger partial charge < -0.3 is 0 Å². The second-order valence-electron chi connectivity index (χ2n) is 3.51. The number of ketones is 1. The second-order valence-corrected chi connectivity index (χ2v) is 6.31. The third-order valence-electron chi connectivity index (χ3n) is 2.27. The van der Waals surface area contributed by atoms with E-state index in [1.165, 1.54) is 12.5 Å². The molecule has 0 aromatic rings. The van der Waals surface area contributed by atoms with Crippen LogP contribution in [0.25, 0.3) is 0 Å². The lowest BCUT2D eigenvalue weighted by atomic mass is 10.2. The van der Waals surface area contributed by atoms with Crippen LogP contribution in [0, 0.1) is 0 Å². The van der Waals surface area contributed by atoms with Gasteiger partial charge in [-0.15, -0.1) is 0 Å². The molecule has 0 spiro atoms. The van der Waals surface area contributed by atoms with Crippen LogP contribution in [-0.2, 0) is 4.79 Å². The fourth-order valence-corrected chi connectivity index (χ4v) is 4.23. The van der Waals surface area contributed by atoms with Gasteiger partial charge >= 0.3 is 0 Å². The van der Waals surface area contributed by atoms with Crippen LogP contribution >= 0.6 is 0 Å². The molecule has 1 atom stereocenters. The summed E-state index contributed by atoms with van der Waals surface area (Å²) in [4.78, 5) is 11.7. The highest BCUT2D eigenvalue weighted by atomic mass is 28.3. The quantitative estimate of drug-likeness (QED) is 0.493. The van der Waals surface area contributed by atoms with E-state index in [1.54, 1.807) is 6.92 Å². The molecule has 13 heavy (non-hydrogen) atoms. The van der Waals surface area contributed by atoms with Crippen molar-refractivity contribution >= 4 is 14.6 Å². The highest BCUT2D eigenvalue weighted by Gasteiger charge is 2.21. The maximum Gasteiger partial charge on any atom is 0.180 e. The van der Waals surface area contributed by atoms with Gasteiger partial charge in [0, 0.05) is 0 Å². The lowest BCUT2D eigenvalue weighted by Crippen LogP contribution is -2.18. The molecule has 1 rings (SSSR count). The first-order valence-electron chi connectivity index (χ1n) is 4.75. The summed E-state index contributed by atoms with van der Waals surface area (Å²) in [6.45, 7) is 7.66. The molecule has 1 nitrogen and oxygen atoms in total. The van der Waals surface area contributed by atoms with Gasteiger partial charge in [-0.25, -0.2) is 0 Å². The third-order valence-corrected chi connectivity index (χ3v) is 5.41. The molecule has 0 aromatic heterocycles. The summed E-state index contributed by atoms with van der Waals surface area (Å²) >= 11 is 0. The standard InChI is InChI=1S/C11H16OSi/c1-4-7-13-8-5-6-10(13)11(12)9(2)3/h5-6,8,13H,2,4,7H2,1,3H3. The minimum Gasteiger partial charge on any atom is -0.290 e. The molecule has 0 fully saturated rings. The molecule has 0 saturated carbocycles. The van der Waals surface area contributed by atoms with Gasteiger partial charge in [-0.1, -0.05) is 43.8 Å². The van der Waals surface area contributed by atoms with E-state index >= 15 is 0 Å². The fourth-order valence-electron chi connectivity index (χ4n) is 1.57. The van der Waals surface area contributed by atoms with Crippen LogP contribution in [-0.4, -0.2) is 14.6 Å². The molecule has 0 saturated heterocycles. The molecule has 0 aromatic carbocycles. The Kier molecular flexibility index (Phi) is 3.43. The van der Waals surface area contributed by atoms with E-state index in [9.17, 15) is 4.79 Å². The number of carbonyl (C=O) groups is 1. The highest BCUT2D eigenvalue weighted by molar-refractivity contribution is 6.78. The maximum atomic E-state index is 11.7.